The third kappa shape index (κ3) is 6.04. The molecule has 0 saturated heterocycles. The Hall–Kier alpha value is -2.98. The zero-order valence-corrected chi connectivity index (χ0v) is 15.2. The van der Waals surface area contributed by atoms with Crippen LogP contribution in [0.1, 0.15) is 17.3 Å². The molecule has 0 fully saturated rings. The number of benzene rings is 2. The summed E-state index contributed by atoms with van der Waals surface area (Å²) >= 11 is 0. The molecule has 10 heteroatoms. The van der Waals surface area contributed by atoms with Crippen molar-refractivity contribution < 1.29 is 27.1 Å². The van der Waals surface area contributed by atoms with Crippen molar-refractivity contribution in [1.82, 2.24) is 15.6 Å². The summed E-state index contributed by atoms with van der Waals surface area (Å²) in [6.07, 6.45) is 0. The van der Waals surface area contributed by atoms with Crippen LogP contribution in [0.25, 0.3) is 0 Å². The van der Waals surface area contributed by atoms with Gasteiger partial charge in [-0.2, -0.15) is 0 Å². The Labute approximate surface area is 155 Å². The van der Waals surface area contributed by atoms with Gasteiger partial charge in [-0.15, -0.1) is 0 Å². The number of hydrazine groups is 1. The molecular weight excluding hydrogens is 377 g/mol. The number of ether oxygens (including phenoxy) is 1. The van der Waals surface area contributed by atoms with Gasteiger partial charge in [0.25, 0.3) is 11.8 Å². The summed E-state index contributed by atoms with van der Waals surface area (Å²) in [7, 11) is -3.61. The van der Waals surface area contributed by atoms with E-state index in [-0.39, 0.29) is 23.6 Å². The van der Waals surface area contributed by atoms with Gasteiger partial charge in [0.2, 0.25) is 10.0 Å². The number of halogens is 1. The first-order valence-electron chi connectivity index (χ1n) is 7.89. The summed E-state index contributed by atoms with van der Waals surface area (Å²) < 4.78 is 43.9. The van der Waals surface area contributed by atoms with Crippen LogP contribution in [0.2, 0.25) is 0 Å². The summed E-state index contributed by atoms with van der Waals surface area (Å²) in [4.78, 5) is 23.7. The monoisotopic (exact) mass is 395 g/mol. The van der Waals surface area contributed by atoms with Gasteiger partial charge in [0, 0.05) is 12.1 Å². The molecular formula is C17H18FN3O5S. The minimum atomic E-state index is -3.61. The van der Waals surface area contributed by atoms with Crippen LogP contribution in [0.15, 0.2) is 53.4 Å². The van der Waals surface area contributed by atoms with E-state index in [1.54, 1.807) is 6.92 Å². The molecule has 0 aliphatic carbocycles. The fraction of sp³-hybridized carbons (Fsp3) is 0.176. The van der Waals surface area contributed by atoms with Crippen LogP contribution in [0.5, 0.6) is 5.75 Å². The molecule has 8 nitrogen and oxygen atoms in total. The first-order chi connectivity index (χ1) is 12.8. The second kappa shape index (κ2) is 9.10. The van der Waals surface area contributed by atoms with Crippen LogP contribution in [-0.2, 0) is 14.8 Å². The predicted octanol–water partition coefficient (Wildman–Crippen LogP) is 0.964. The summed E-state index contributed by atoms with van der Waals surface area (Å²) in [5.74, 6) is -1.38. The van der Waals surface area contributed by atoms with Crippen LogP contribution in [-0.4, -0.2) is 33.4 Å². The third-order valence-electron chi connectivity index (χ3n) is 3.26. The van der Waals surface area contributed by atoms with Crippen LogP contribution in [0, 0.1) is 5.82 Å². The highest BCUT2D eigenvalue weighted by molar-refractivity contribution is 7.89. The average Bonchev–Trinajstić information content (AvgIpc) is 2.65. The summed E-state index contributed by atoms with van der Waals surface area (Å²) in [6.45, 7) is 1.52. The van der Waals surface area contributed by atoms with Crippen LogP contribution < -0.4 is 20.3 Å². The maximum absolute atomic E-state index is 12.8. The van der Waals surface area contributed by atoms with Crippen LogP contribution in [0.4, 0.5) is 4.39 Å². The van der Waals surface area contributed by atoms with Gasteiger partial charge in [0.05, 0.1) is 4.90 Å². The SMILES string of the molecule is CCNS(=O)(=O)c1ccc(C(=O)NNC(=O)COc2ccc(F)cc2)cc1. The molecule has 0 atom stereocenters. The van der Waals surface area contributed by atoms with Crippen molar-refractivity contribution in [3.8, 4) is 5.75 Å². The Balaban J connectivity index is 1.84. The molecule has 0 aliphatic heterocycles. The van der Waals surface area contributed by atoms with Gasteiger partial charge in [-0.3, -0.25) is 20.4 Å². The fourth-order valence-corrected chi connectivity index (χ4v) is 3.01. The first kappa shape index (κ1) is 20.3. The molecule has 2 aromatic carbocycles. The standard InChI is InChI=1S/C17H18FN3O5S/c1-2-19-27(24,25)15-9-3-12(4-10-15)17(23)21-20-16(22)11-26-14-7-5-13(18)6-8-14/h3-10,19H,2,11H2,1H3,(H,20,22)(H,21,23). The molecule has 2 rings (SSSR count). The Morgan fingerprint density at radius 1 is 1.00 bits per heavy atom. The average molecular weight is 395 g/mol. The highest BCUT2D eigenvalue weighted by Crippen LogP contribution is 2.11. The zero-order valence-electron chi connectivity index (χ0n) is 14.4. The highest BCUT2D eigenvalue weighted by Gasteiger charge is 2.14. The largest absolute Gasteiger partial charge is 0.484 e. The lowest BCUT2D eigenvalue weighted by Crippen LogP contribution is -2.43. The quantitative estimate of drug-likeness (QED) is 0.605. The molecule has 3 N–H and O–H groups in total. The molecule has 0 spiro atoms. The zero-order chi connectivity index (χ0) is 19.9. The minimum Gasteiger partial charge on any atom is -0.484 e. The van der Waals surface area contributed by atoms with Crippen molar-refractivity contribution in [2.75, 3.05) is 13.2 Å². The third-order valence-corrected chi connectivity index (χ3v) is 4.82. The van der Waals surface area contributed by atoms with E-state index in [2.05, 4.69) is 15.6 Å². The number of rotatable bonds is 7. The van der Waals surface area contributed by atoms with Crippen molar-refractivity contribution in [3.05, 3.63) is 59.9 Å². The molecule has 144 valence electrons. The van der Waals surface area contributed by atoms with E-state index in [0.717, 1.165) is 0 Å². The van der Waals surface area contributed by atoms with Crippen molar-refractivity contribution in [1.29, 1.82) is 0 Å². The van der Waals surface area contributed by atoms with Gasteiger partial charge in [-0.25, -0.2) is 17.5 Å². The number of carbonyl (C=O) groups excluding carboxylic acids is 2. The van der Waals surface area contributed by atoms with Crippen molar-refractivity contribution in [2.45, 2.75) is 11.8 Å². The predicted molar refractivity (Wildman–Crippen MR) is 94.8 cm³/mol. The molecule has 0 aromatic heterocycles. The van der Waals surface area contributed by atoms with Gasteiger partial charge in [0.15, 0.2) is 6.61 Å². The summed E-state index contributed by atoms with van der Waals surface area (Å²) in [5, 5.41) is 0. The fourth-order valence-electron chi connectivity index (χ4n) is 1.97. The lowest BCUT2D eigenvalue weighted by Gasteiger charge is -2.09. The van der Waals surface area contributed by atoms with Crippen molar-refractivity contribution >= 4 is 21.8 Å². The lowest BCUT2D eigenvalue weighted by atomic mass is 10.2. The van der Waals surface area contributed by atoms with Gasteiger partial charge in [-0.05, 0) is 48.5 Å². The molecule has 0 radical (unpaired) electrons. The summed E-state index contributed by atoms with van der Waals surface area (Å²) in [6, 6.07) is 10.3. The maximum Gasteiger partial charge on any atom is 0.276 e. The smallest absolute Gasteiger partial charge is 0.276 e. The number of carbonyl (C=O) groups is 2. The second-order valence-corrected chi connectivity index (χ2v) is 7.04. The minimum absolute atomic E-state index is 0.0256. The van der Waals surface area contributed by atoms with Gasteiger partial charge in [-0.1, -0.05) is 6.92 Å². The van der Waals surface area contributed by atoms with Crippen molar-refractivity contribution in [3.63, 3.8) is 0 Å². The van der Waals surface area contributed by atoms with E-state index in [9.17, 15) is 22.4 Å². The first-order valence-corrected chi connectivity index (χ1v) is 9.37. The van der Waals surface area contributed by atoms with E-state index >= 15 is 0 Å². The lowest BCUT2D eigenvalue weighted by molar-refractivity contribution is -0.123. The maximum atomic E-state index is 12.8. The van der Waals surface area contributed by atoms with Crippen LogP contribution in [0.3, 0.4) is 0 Å². The Morgan fingerprint density at radius 3 is 2.22 bits per heavy atom. The topological polar surface area (TPSA) is 114 Å². The Morgan fingerprint density at radius 2 is 1.63 bits per heavy atom. The van der Waals surface area contributed by atoms with E-state index < -0.39 is 27.7 Å². The van der Waals surface area contributed by atoms with E-state index in [0.29, 0.717) is 5.75 Å². The van der Waals surface area contributed by atoms with E-state index in [1.165, 1.54) is 48.5 Å². The molecule has 0 unspecified atom stereocenters. The number of hydrogen-bond acceptors (Lipinski definition) is 5. The van der Waals surface area contributed by atoms with Crippen molar-refractivity contribution in [2.24, 2.45) is 0 Å². The van der Waals surface area contributed by atoms with Gasteiger partial charge >= 0.3 is 0 Å². The van der Waals surface area contributed by atoms with Gasteiger partial charge in [0.1, 0.15) is 11.6 Å². The number of amides is 2. The van der Waals surface area contributed by atoms with Crippen LogP contribution >= 0.6 is 0 Å². The number of sulfonamides is 1. The summed E-state index contributed by atoms with van der Waals surface area (Å²) in [5.41, 5.74) is 4.50. The molecule has 27 heavy (non-hydrogen) atoms. The highest BCUT2D eigenvalue weighted by atomic mass is 32.2. The molecule has 2 amide bonds. The van der Waals surface area contributed by atoms with Gasteiger partial charge < -0.3 is 4.74 Å². The normalized spacial score (nSPS) is 10.9. The molecule has 0 heterocycles. The number of hydrogen-bond donors (Lipinski definition) is 3. The molecule has 0 aliphatic rings. The van der Waals surface area contributed by atoms with E-state index in [4.69, 9.17) is 4.74 Å². The molecule has 0 bridgehead atoms. The Bertz CT molecular complexity index is 899. The second-order valence-electron chi connectivity index (χ2n) is 5.27. The number of nitrogens with one attached hydrogen (secondary N) is 3. The molecule has 0 saturated carbocycles. The molecule has 2 aromatic rings. The van der Waals surface area contributed by atoms with E-state index in [1.807, 2.05) is 0 Å². The Kier molecular flexibility index (Phi) is 6.85.